The van der Waals surface area contributed by atoms with Crippen molar-refractivity contribution in [1.82, 2.24) is 20.2 Å². The van der Waals surface area contributed by atoms with E-state index in [9.17, 15) is 9.59 Å². The van der Waals surface area contributed by atoms with Gasteiger partial charge in [-0.25, -0.2) is 4.98 Å². The summed E-state index contributed by atoms with van der Waals surface area (Å²) in [5.41, 5.74) is 1.81. The molecule has 2 atom stereocenters. The molecular formula is C19H23ClN4O2. The van der Waals surface area contributed by atoms with Gasteiger partial charge >= 0.3 is 0 Å². The first-order chi connectivity index (χ1) is 12.6. The predicted octanol–water partition coefficient (Wildman–Crippen LogP) is 2.72. The first-order valence-corrected chi connectivity index (χ1v) is 9.28. The molecule has 1 aliphatic rings. The summed E-state index contributed by atoms with van der Waals surface area (Å²) in [4.78, 5) is 34.0. The van der Waals surface area contributed by atoms with Crippen LogP contribution in [0.5, 0.6) is 0 Å². The number of likely N-dealkylation sites (tertiary alicyclic amines) is 1. The molecule has 2 aromatic rings. The topological polar surface area (TPSA) is 78.1 Å². The SMILES string of the molecule is CCN1C(=O)CC[C@@H](C(=O)NCCc2cnc[nH]2)[C@@H]1c1ccccc1Cl. The highest BCUT2D eigenvalue weighted by Gasteiger charge is 2.40. The minimum atomic E-state index is -0.331. The number of nitrogens with zero attached hydrogens (tertiary/aromatic N) is 2. The Balaban J connectivity index is 1.77. The van der Waals surface area contributed by atoms with Crippen molar-refractivity contribution < 1.29 is 9.59 Å². The fourth-order valence-corrected chi connectivity index (χ4v) is 3.82. The Hall–Kier alpha value is -2.34. The van der Waals surface area contributed by atoms with Crippen LogP contribution in [0.15, 0.2) is 36.8 Å². The predicted molar refractivity (Wildman–Crippen MR) is 99.6 cm³/mol. The molecule has 6 nitrogen and oxygen atoms in total. The second-order valence-electron chi connectivity index (χ2n) is 6.41. The number of halogens is 1. The largest absolute Gasteiger partial charge is 0.355 e. The van der Waals surface area contributed by atoms with Crippen LogP contribution in [-0.4, -0.2) is 39.8 Å². The molecule has 0 radical (unpaired) electrons. The molecule has 1 aromatic carbocycles. The number of aromatic amines is 1. The maximum Gasteiger partial charge on any atom is 0.225 e. The van der Waals surface area contributed by atoms with Gasteiger partial charge in [0.1, 0.15) is 0 Å². The molecular weight excluding hydrogens is 352 g/mol. The maximum atomic E-state index is 12.9. The number of nitrogens with one attached hydrogen (secondary N) is 2. The molecule has 0 spiro atoms. The molecule has 1 fully saturated rings. The molecule has 2 heterocycles. The van der Waals surface area contributed by atoms with Gasteiger partial charge in [-0.2, -0.15) is 0 Å². The summed E-state index contributed by atoms with van der Waals surface area (Å²) in [7, 11) is 0. The van der Waals surface area contributed by atoms with Crippen LogP contribution in [0.1, 0.15) is 37.1 Å². The van der Waals surface area contributed by atoms with Gasteiger partial charge in [-0.05, 0) is 25.0 Å². The maximum absolute atomic E-state index is 12.9. The van der Waals surface area contributed by atoms with E-state index in [2.05, 4.69) is 15.3 Å². The van der Waals surface area contributed by atoms with Crippen LogP contribution in [0.4, 0.5) is 0 Å². The van der Waals surface area contributed by atoms with Crippen molar-refractivity contribution in [3.8, 4) is 0 Å². The van der Waals surface area contributed by atoms with Gasteiger partial charge in [0.15, 0.2) is 0 Å². The number of imidazole rings is 1. The van der Waals surface area contributed by atoms with E-state index in [4.69, 9.17) is 11.6 Å². The van der Waals surface area contributed by atoms with Gasteiger partial charge in [0, 0.05) is 42.8 Å². The number of hydrogen-bond donors (Lipinski definition) is 2. The quantitative estimate of drug-likeness (QED) is 0.816. The summed E-state index contributed by atoms with van der Waals surface area (Å²) in [5.74, 6) is -0.284. The number of carbonyl (C=O) groups excluding carboxylic acids is 2. The standard InChI is InChI=1S/C19H23ClN4O2/c1-2-24-17(25)8-7-15(18(24)14-5-3-4-6-16(14)20)19(26)22-10-9-13-11-21-12-23-13/h3-6,11-12,15,18H,2,7-10H2,1H3,(H,21,23)(H,22,26)/t15-,18+/m1/s1. The van der Waals surface area contributed by atoms with Gasteiger partial charge in [-0.1, -0.05) is 29.8 Å². The van der Waals surface area contributed by atoms with Crippen LogP contribution in [-0.2, 0) is 16.0 Å². The average Bonchev–Trinajstić information content (AvgIpc) is 3.15. The monoisotopic (exact) mass is 374 g/mol. The number of H-pyrrole nitrogens is 1. The lowest BCUT2D eigenvalue weighted by Gasteiger charge is -2.40. The minimum Gasteiger partial charge on any atom is -0.355 e. The van der Waals surface area contributed by atoms with E-state index < -0.39 is 0 Å². The van der Waals surface area contributed by atoms with E-state index >= 15 is 0 Å². The Morgan fingerprint density at radius 2 is 2.23 bits per heavy atom. The van der Waals surface area contributed by atoms with Crippen molar-refractivity contribution in [3.05, 3.63) is 53.1 Å². The van der Waals surface area contributed by atoms with Crippen molar-refractivity contribution in [1.29, 1.82) is 0 Å². The molecule has 0 aliphatic carbocycles. The van der Waals surface area contributed by atoms with Gasteiger partial charge in [-0.15, -0.1) is 0 Å². The highest BCUT2D eigenvalue weighted by atomic mass is 35.5. The molecule has 1 aromatic heterocycles. The van der Waals surface area contributed by atoms with E-state index in [1.165, 1.54) is 0 Å². The van der Waals surface area contributed by atoms with Crippen molar-refractivity contribution in [3.63, 3.8) is 0 Å². The molecule has 26 heavy (non-hydrogen) atoms. The van der Waals surface area contributed by atoms with Gasteiger partial charge in [0.25, 0.3) is 0 Å². The number of amides is 2. The molecule has 0 unspecified atom stereocenters. The number of benzene rings is 1. The van der Waals surface area contributed by atoms with E-state index in [1.807, 2.05) is 25.1 Å². The zero-order chi connectivity index (χ0) is 18.5. The molecule has 3 rings (SSSR count). The normalized spacial score (nSPS) is 20.2. The fraction of sp³-hybridized carbons (Fsp3) is 0.421. The Labute approximate surface area is 157 Å². The molecule has 0 bridgehead atoms. The molecule has 0 saturated carbocycles. The molecule has 1 saturated heterocycles. The van der Waals surface area contributed by atoms with Crippen LogP contribution in [0, 0.1) is 5.92 Å². The number of piperidine rings is 1. The van der Waals surface area contributed by atoms with E-state index in [-0.39, 0.29) is 23.8 Å². The summed E-state index contributed by atoms with van der Waals surface area (Å²) in [6, 6.07) is 7.12. The number of hydrogen-bond acceptors (Lipinski definition) is 3. The van der Waals surface area contributed by atoms with Crippen LogP contribution in [0.3, 0.4) is 0 Å². The first-order valence-electron chi connectivity index (χ1n) is 8.90. The summed E-state index contributed by atoms with van der Waals surface area (Å²) in [6.07, 6.45) is 4.97. The molecule has 7 heteroatoms. The van der Waals surface area contributed by atoms with Crippen LogP contribution in [0.2, 0.25) is 5.02 Å². The zero-order valence-electron chi connectivity index (χ0n) is 14.7. The Morgan fingerprint density at radius 3 is 2.92 bits per heavy atom. The highest BCUT2D eigenvalue weighted by molar-refractivity contribution is 6.31. The second-order valence-corrected chi connectivity index (χ2v) is 6.82. The summed E-state index contributed by atoms with van der Waals surface area (Å²) < 4.78 is 0. The van der Waals surface area contributed by atoms with Crippen molar-refractivity contribution >= 4 is 23.4 Å². The number of aromatic nitrogens is 2. The average molecular weight is 375 g/mol. The molecule has 138 valence electrons. The smallest absolute Gasteiger partial charge is 0.225 e. The minimum absolute atomic E-state index is 0.0413. The third-order valence-electron chi connectivity index (χ3n) is 4.86. The van der Waals surface area contributed by atoms with E-state index in [0.29, 0.717) is 37.4 Å². The van der Waals surface area contributed by atoms with Crippen LogP contribution in [0.25, 0.3) is 0 Å². The van der Waals surface area contributed by atoms with Crippen molar-refractivity contribution in [2.75, 3.05) is 13.1 Å². The van der Waals surface area contributed by atoms with Gasteiger partial charge < -0.3 is 15.2 Å². The van der Waals surface area contributed by atoms with Crippen molar-refractivity contribution in [2.45, 2.75) is 32.2 Å². The number of rotatable bonds is 6. The third-order valence-corrected chi connectivity index (χ3v) is 5.20. The van der Waals surface area contributed by atoms with Crippen LogP contribution < -0.4 is 5.32 Å². The molecule has 2 N–H and O–H groups in total. The second kappa shape index (κ2) is 8.36. The lowest BCUT2D eigenvalue weighted by molar-refractivity contribution is -0.143. The highest BCUT2D eigenvalue weighted by Crippen LogP contribution is 2.39. The Morgan fingerprint density at radius 1 is 1.42 bits per heavy atom. The molecule has 1 aliphatic heterocycles. The van der Waals surface area contributed by atoms with Gasteiger partial charge in [0.2, 0.25) is 11.8 Å². The lowest BCUT2D eigenvalue weighted by Crippen LogP contribution is -2.48. The van der Waals surface area contributed by atoms with E-state index in [1.54, 1.807) is 23.5 Å². The Bertz CT molecular complexity index is 763. The lowest BCUT2D eigenvalue weighted by atomic mass is 9.83. The number of carbonyl (C=O) groups is 2. The summed E-state index contributed by atoms with van der Waals surface area (Å²) in [6.45, 7) is 3.00. The van der Waals surface area contributed by atoms with Crippen molar-refractivity contribution in [2.24, 2.45) is 5.92 Å². The molecule has 2 amide bonds. The Kier molecular flexibility index (Phi) is 5.93. The fourth-order valence-electron chi connectivity index (χ4n) is 3.57. The summed E-state index contributed by atoms with van der Waals surface area (Å²) >= 11 is 6.39. The zero-order valence-corrected chi connectivity index (χ0v) is 15.5. The van der Waals surface area contributed by atoms with E-state index in [0.717, 1.165) is 11.3 Å². The third kappa shape index (κ3) is 3.90. The first kappa shape index (κ1) is 18.5. The van der Waals surface area contributed by atoms with Crippen LogP contribution >= 0.6 is 11.6 Å². The van der Waals surface area contributed by atoms with Gasteiger partial charge in [0.05, 0.1) is 18.3 Å². The van der Waals surface area contributed by atoms with Gasteiger partial charge in [-0.3, -0.25) is 9.59 Å². The summed E-state index contributed by atoms with van der Waals surface area (Å²) in [5, 5.41) is 3.59.